The zero-order chi connectivity index (χ0) is 12.5. The van der Waals surface area contributed by atoms with Crippen LogP contribution in [0.4, 0.5) is 0 Å². The minimum Gasteiger partial charge on any atom is -0.456 e. The van der Waals surface area contributed by atoms with E-state index in [1.165, 1.54) is 5.56 Å². The number of pyridine rings is 1. The van der Waals surface area contributed by atoms with Gasteiger partial charge in [0, 0.05) is 12.4 Å². The first-order valence-electron chi connectivity index (χ1n) is 5.91. The number of aryl methyl sites for hydroxylation is 2. The Hall–Kier alpha value is -2.29. The Morgan fingerprint density at radius 3 is 2.83 bits per heavy atom. The normalized spacial score (nSPS) is 10.8. The highest BCUT2D eigenvalue weighted by Gasteiger charge is 2.06. The third kappa shape index (κ3) is 1.84. The lowest BCUT2D eigenvalue weighted by Crippen LogP contribution is -1.89. The van der Waals surface area contributed by atoms with Gasteiger partial charge in [-0.3, -0.25) is 0 Å². The second-order valence-electron chi connectivity index (χ2n) is 4.42. The summed E-state index contributed by atoms with van der Waals surface area (Å²) in [5.41, 5.74) is 3.16. The van der Waals surface area contributed by atoms with Crippen LogP contribution < -0.4 is 4.74 Å². The van der Waals surface area contributed by atoms with Crippen molar-refractivity contribution in [2.24, 2.45) is 0 Å². The molecule has 0 fully saturated rings. The van der Waals surface area contributed by atoms with Crippen LogP contribution in [0.1, 0.15) is 11.1 Å². The molecule has 90 valence electrons. The van der Waals surface area contributed by atoms with Crippen molar-refractivity contribution in [3.63, 3.8) is 0 Å². The monoisotopic (exact) mass is 238 g/mol. The predicted molar refractivity (Wildman–Crippen MR) is 72.1 cm³/mol. The van der Waals surface area contributed by atoms with Gasteiger partial charge in [-0.1, -0.05) is 12.1 Å². The maximum absolute atomic E-state index is 6.00. The first-order valence-corrected chi connectivity index (χ1v) is 5.91. The fraction of sp³-hybridized carbons (Fsp3) is 0.133. The minimum absolute atomic E-state index is 0.829. The van der Waals surface area contributed by atoms with Crippen LogP contribution in [-0.2, 0) is 0 Å². The molecule has 2 heterocycles. The van der Waals surface area contributed by atoms with E-state index in [0.717, 1.165) is 28.1 Å². The second-order valence-corrected chi connectivity index (χ2v) is 4.42. The quantitative estimate of drug-likeness (QED) is 0.733. The number of aromatic nitrogens is 2. The number of rotatable bonds is 2. The van der Waals surface area contributed by atoms with Gasteiger partial charge in [0.1, 0.15) is 17.1 Å². The molecular formula is C15H14N2O. The minimum atomic E-state index is 0.829. The van der Waals surface area contributed by atoms with Gasteiger partial charge in [-0.05, 0) is 43.2 Å². The Bertz CT molecular complexity index is 701. The molecule has 0 bridgehead atoms. The van der Waals surface area contributed by atoms with E-state index < -0.39 is 0 Å². The molecule has 2 aromatic heterocycles. The van der Waals surface area contributed by atoms with Gasteiger partial charge in [0.15, 0.2) is 0 Å². The number of hydrogen-bond acceptors (Lipinski definition) is 2. The molecule has 0 saturated carbocycles. The lowest BCUT2D eigenvalue weighted by molar-refractivity contribution is 0.483. The number of ether oxygens (including phenoxy) is 1. The molecule has 0 aliphatic heterocycles. The van der Waals surface area contributed by atoms with Crippen LogP contribution in [-0.4, -0.2) is 9.97 Å². The van der Waals surface area contributed by atoms with Crippen molar-refractivity contribution in [1.82, 2.24) is 9.97 Å². The molecular weight excluding hydrogens is 224 g/mol. The summed E-state index contributed by atoms with van der Waals surface area (Å²) in [6, 6.07) is 10.1. The number of hydrogen-bond donors (Lipinski definition) is 1. The Morgan fingerprint density at radius 1 is 1.06 bits per heavy atom. The largest absolute Gasteiger partial charge is 0.456 e. The van der Waals surface area contributed by atoms with Gasteiger partial charge in [0.25, 0.3) is 0 Å². The molecule has 3 rings (SSSR count). The van der Waals surface area contributed by atoms with Crippen LogP contribution in [0, 0.1) is 13.8 Å². The fourth-order valence-electron chi connectivity index (χ4n) is 1.96. The van der Waals surface area contributed by atoms with Crippen molar-refractivity contribution < 1.29 is 4.74 Å². The van der Waals surface area contributed by atoms with Crippen molar-refractivity contribution in [3.05, 3.63) is 53.9 Å². The highest BCUT2D eigenvalue weighted by molar-refractivity contribution is 5.82. The second kappa shape index (κ2) is 4.18. The van der Waals surface area contributed by atoms with Crippen LogP contribution in [0.2, 0.25) is 0 Å². The van der Waals surface area contributed by atoms with Crippen molar-refractivity contribution in [2.75, 3.05) is 0 Å². The van der Waals surface area contributed by atoms with E-state index in [2.05, 4.69) is 29.0 Å². The maximum atomic E-state index is 6.00. The molecule has 3 nitrogen and oxygen atoms in total. The highest BCUT2D eigenvalue weighted by Crippen LogP contribution is 2.30. The summed E-state index contributed by atoms with van der Waals surface area (Å²) in [4.78, 5) is 7.33. The summed E-state index contributed by atoms with van der Waals surface area (Å²) in [5.74, 6) is 1.72. The van der Waals surface area contributed by atoms with Gasteiger partial charge < -0.3 is 9.72 Å². The molecule has 0 saturated heterocycles. The van der Waals surface area contributed by atoms with Crippen molar-refractivity contribution in [2.45, 2.75) is 13.8 Å². The number of nitrogens with one attached hydrogen (secondary N) is 1. The molecule has 3 heteroatoms. The Balaban J connectivity index is 2.06. The Labute approximate surface area is 105 Å². The van der Waals surface area contributed by atoms with E-state index in [4.69, 9.17) is 4.74 Å². The van der Waals surface area contributed by atoms with Gasteiger partial charge in [-0.25, -0.2) is 4.98 Å². The van der Waals surface area contributed by atoms with Crippen LogP contribution in [0.3, 0.4) is 0 Å². The first-order chi connectivity index (χ1) is 8.74. The molecule has 0 aliphatic rings. The van der Waals surface area contributed by atoms with E-state index in [9.17, 15) is 0 Å². The molecule has 1 aromatic carbocycles. The third-order valence-electron chi connectivity index (χ3n) is 2.98. The van der Waals surface area contributed by atoms with E-state index in [0.29, 0.717) is 0 Å². The molecule has 0 aliphatic carbocycles. The van der Waals surface area contributed by atoms with Crippen molar-refractivity contribution >= 4 is 11.0 Å². The summed E-state index contributed by atoms with van der Waals surface area (Å²) in [6.07, 6.45) is 3.62. The molecule has 0 radical (unpaired) electrons. The maximum Gasteiger partial charge on any atom is 0.140 e. The molecule has 1 N–H and O–H groups in total. The van der Waals surface area contributed by atoms with Gasteiger partial charge in [0.05, 0.1) is 5.39 Å². The summed E-state index contributed by atoms with van der Waals surface area (Å²) in [6.45, 7) is 4.11. The average Bonchev–Trinajstić information content (AvgIpc) is 2.83. The zero-order valence-electron chi connectivity index (χ0n) is 10.4. The van der Waals surface area contributed by atoms with E-state index >= 15 is 0 Å². The predicted octanol–water partition coefficient (Wildman–Crippen LogP) is 3.97. The SMILES string of the molecule is Cc1ccc(C)c(Oc2ccnc3[nH]ccc23)c1. The van der Waals surface area contributed by atoms with E-state index in [1.54, 1.807) is 6.20 Å². The smallest absolute Gasteiger partial charge is 0.140 e. The highest BCUT2D eigenvalue weighted by atomic mass is 16.5. The molecule has 0 atom stereocenters. The van der Waals surface area contributed by atoms with Gasteiger partial charge >= 0.3 is 0 Å². The van der Waals surface area contributed by atoms with Crippen LogP contribution in [0.5, 0.6) is 11.5 Å². The third-order valence-corrected chi connectivity index (χ3v) is 2.98. The van der Waals surface area contributed by atoms with Gasteiger partial charge in [0.2, 0.25) is 0 Å². The van der Waals surface area contributed by atoms with Crippen molar-refractivity contribution in [3.8, 4) is 11.5 Å². The fourth-order valence-corrected chi connectivity index (χ4v) is 1.96. The van der Waals surface area contributed by atoms with Crippen LogP contribution in [0.15, 0.2) is 42.7 Å². The molecule has 3 aromatic rings. The topological polar surface area (TPSA) is 37.9 Å². The van der Waals surface area contributed by atoms with Crippen LogP contribution >= 0.6 is 0 Å². The Morgan fingerprint density at radius 2 is 1.94 bits per heavy atom. The molecule has 0 amide bonds. The average molecular weight is 238 g/mol. The zero-order valence-corrected chi connectivity index (χ0v) is 10.4. The van der Waals surface area contributed by atoms with Crippen LogP contribution in [0.25, 0.3) is 11.0 Å². The number of benzene rings is 1. The molecule has 0 unspecified atom stereocenters. The Kier molecular flexibility index (Phi) is 2.52. The van der Waals surface area contributed by atoms with Crippen molar-refractivity contribution in [1.29, 1.82) is 0 Å². The molecule has 18 heavy (non-hydrogen) atoms. The first kappa shape index (κ1) is 10.8. The lowest BCUT2D eigenvalue weighted by Gasteiger charge is -2.10. The van der Waals surface area contributed by atoms with E-state index in [1.807, 2.05) is 31.3 Å². The summed E-state index contributed by atoms with van der Waals surface area (Å²) >= 11 is 0. The number of H-pyrrole nitrogens is 1. The number of fused-ring (bicyclic) bond motifs is 1. The van der Waals surface area contributed by atoms with Gasteiger partial charge in [-0.2, -0.15) is 0 Å². The summed E-state index contributed by atoms with van der Waals surface area (Å²) in [5, 5.41) is 0.999. The number of nitrogens with zero attached hydrogens (tertiary/aromatic N) is 1. The summed E-state index contributed by atoms with van der Waals surface area (Å²) < 4.78 is 6.00. The molecule has 0 spiro atoms. The van der Waals surface area contributed by atoms with E-state index in [-0.39, 0.29) is 0 Å². The number of aromatic amines is 1. The summed E-state index contributed by atoms with van der Waals surface area (Å²) in [7, 11) is 0. The lowest BCUT2D eigenvalue weighted by atomic mass is 10.1. The van der Waals surface area contributed by atoms with Gasteiger partial charge in [-0.15, -0.1) is 0 Å². The standard InChI is InChI=1S/C15H14N2O/c1-10-3-4-11(2)14(9-10)18-13-6-8-17-15-12(13)5-7-16-15/h3-9H,1-2H3,(H,16,17).